The summed E-state index contributed by atoms with van der Waals surface area (Å²) in [5.41, 5.74) is -1.11. The highest BCUT2D eigenvalue weighted by molar-refractivity contribution is 8.00. The van der Waals surface area contributed by atoms with Crippen LogP contribution in [0.2, 0.25) is 0 Å². The largest absolute Gasteiger partial charge is 0.481 e. The van der Waals surface area contributed by atoms with Gasteiger partial charge in [-0.05, 0) is 23.6 Å². The Hall–Kier alpha value is -1.89. The Bertz CT molecular complexity index is 1020. The van der Waals surface area contributed by atoms with Crippen LogP contribution >= 0.6 is 34.9 Å². The normalized spacial score (nSPS) is 26.0. The van der Waals surface area contributed by atoms with Gasteiger partial charge in [0.2, 0.25) is 5.91 Å². The molecule has 2 aromatic heterocycles. The molecule has 4 atom stereocenters. The third-order valence-corrected chi connectivity index (χ3v) is 10.7. The number of nitrogens with zero attached hydrogens (tertiary/aromatic N) is 3. The van der Waals surface area contributed by atoms with Gasteiger partial charge in [-0.25, -0.2) is 8.51 Å². The standard InChI is InChI=1S/C19H19N3O5S4/c1-12(23)22(31(27)14-3-2-8-28-14)15-16(24)21-9-19(18(25)26,11-30-17(15)21)10-29-13-4-6-20-7-5-13/h2-8,15,17H,9-11H2,1H3,(H,25,26)/t15?,17-,19?,31?/m1/s1. The van der Waals surface area contributed by atoms with Gasteiger partial charge in [-0.15, -0.1) is 34.9 Å². The topological polar surface area (TPSA) is 108 Å². The van der Waals surface area contributed by atoms with Crippen LogP contribution in [0, 0.1) is 5.41 Å². The van der Waals surface area contributed by atoms with E-state index in [1.54, 1.807) is 29.9 Å². The number of thioether (sulfide) groups is 2. The molecular formula is C19H19N3O5S4. The lowest BCUT2D eigenvalue weighted by atomic mass is 9.89. The van der Waals surface area contributed by atoms with Gasteiger partial charge in [0, 0.05) is 42.3 Å². The van der Waals surface area contributed by atoms with Gasteiger partial charge in [0.15, 0.2) is 17.0 Å². The minimum absolute atomic E-state index is 0.0603. The Morgan fingerprint density at radius 2 is 2.13 bits per heavy atom. The second-order valence-electron chi connectivity index (χ2n) is 7.20. The lowest BCUT2D eigenvalue weighted by Crippen LogP contribution is -2.74. The minimum Gasteiger partial charge on any atom is -0.481 e. The van der Waals surface area contributed by atoms with Gasteiger partial charge in [-0.1, -0.05) is 6.07 Å². The molecule has 2 aliphatic rings. The third-order valence-electron chi connectivity index (χ3n) is 5.14. The molecule has 8 nitrogen and oxygen atoms in total. The second kappa shape index (κ2) is 8.93. The zero-order valence-electron chi connectivity index (χ0n) is 16.4. The molecule has 2 amide bonds. The molecule has 31 heavy (non-hydrogen) atoms. The maximum atomic E-state index is 13.0. The molecule has 0 aromatic carbocycles. The van der Waals surface area contributed by atoms with E-state index in [0.717, 1.165) is 9.20 Å². The van der Waals surface area contributed by atoms with E-state index < -0.39 is 39.7 Å². The number of carboxylic acid groups (broad SMARTS) is 1. The summed E-state index contributed by atoms with van der Waals surface area (Å²) >= 11 is 4.00. The fourth-order valence-corrected chi connectivity index (χ4v) is 8.58. The first-order valence-electron chi connectivity index (χ1n) is 9.27. The summed E-state index contributed by atoms with van der Waals surface area (Å²) in [6.07, 6.45) is 3.30. The number of β-lactam (4-membered cyclic amide) rings is 1. The Labute approximate surface area is 194 Å². The molecule has 2 saturated heterocycles. The maximum Gasteiger partial charge on any atom is 0.313 e. The van der Waals surface area contributed by atoms with Gasteiger partial charge < -0.3 is 10.0 Å². The molecule has 0 aliphatic carbocycles. The summed E-state index contributed by atoms with van der Waals surface area (Å²) in [5, 5.41) is 11.3. The van der Waals surface area contributed by atoms with Crippen LogP contribution in [0.3, 0.4) is 0 Å². The Kier molecular flexibility index (Phi) is 6.42. The van der Waals surface area contributed by atoms with Crippen LogP contribution in [0.25, 0.3) is 0 Å². The molecule has 2 aromatic rings. The molecule has 0 bridgehead atoms. The van der Waals surface area contributed by atoms with Crippen LogP contribution in [0.1, 0.15) is 6.92 Å². The van der Waals surface area contributed by atoms with E-state index in [0.29, 0.717) is 15.7 Å². The number of amides is 2. The van der Waals surface area contributed by atoms with Crippen molar-refractivity contribution in [3.63, 3.8) is 0 Å². The Morgan fingerprint density at radius 1 is 1.39 bits per heavy atom. The molecule has 12 heteroatoms. The van der Waals surface area contributed by atoms with E-state index in [2.05, 4.69) is 4.98 Å². The maximum absolute atomic E-state index is 13.0. The highest BCUT2D eigenvalue weighted by atomic mass is 32.2. The van der Waals surface area contributed by atoms with Crippen molar-refractivity contribution in [2.75, 3.05) is 18.1 Å². The van der Waals surface area contributed by atoms with Gasteiger partial charge in [0.25, 0.3) is 5.91 Å². The van der Waals surface area contributed by atoms with Crippen molar-refractivity contribution in [2.24, 2.45) is 5.41 Å². The van der Waals surface area contributed by atoms with Crippen LogP contribution in [0.5, 0.6) is 0 Å². The molecule has 2 aliphatic heterocycles. The first kappa shape index (κ1) is 22.3. The zero-order chi connectivity index (χ0) is 22.2. The van der Waals surface area contributed by atoms with Crippen LogP contribution in [0.15, 0.2) is 51.1 Å². The number of aliphatic carboxylic acids is 1. The quantitative estimate of drug-likeness (QED) is 0.458. The summed E-state index contributed by atoms with van der Waals surface area (Å²) in [6, 6.07) is 6.17. The van der Waals surface area contributed by atoms with Gasteiger partial charge in [-0.3, -0.25) is 19.4 Å². The van der Waals surface area contributed by atoms with Crippen molar-refractivity contribution >= 4 is 63.6 Å². The molecule has 164 valence electrons. The highest BCUT2D eigenvalue weighted by Crippen LogP contribution is 2.46. The van der Waals surface area contributed by atoms with Crippen molar-refractivity contribution in [1.29, 1.82) is 0 Å². The molecule has 0 spiro atoms. The number of thiophene rings is 1. The Balaban J connectivity index is 1.51. The van der Waals surface area contributed by atoms with E-state index in [1.165, 1.54) is 46.7 Å². The molecular weight excluding hydrogens is 478 g/mol. The van der Waals surface area contributed by atoms with E-state index in [1.807, 2.05) is 12.1 Å². The Morgan fingerprint density at radius 3 is 2.74 bits per heavy atom. The van der Waals surface area contributed by atoms with Crippen molar-refractivity contribution in [3.05, 3.63) is 42.0 Å². The van der Waals surface area contributed by atoms with Gasteiger partial charge in [-0.2, -0.15) is 0 Å². The van der Waals surface area contributed by atoms with E-state index in [4.69, 9.17) is 0 Å². The summed E-state index contributed by atoms with van der Waals surface area (Å²) < 4.78 is 14.6. The van der Waals surface area contributed by atoms with Crippen molar-refractivity contribution < 1.29 is 23.7 Å². The highest BCUT2D eigenvalue weighted by Gasteiger charge is 2.60. The number of rotatable bonds is 7. The SMILES string of the molecule is CC(=O)N(C1C(=O)N2CC(CSc3ccncc3)(C(=O)O)CS[C@H]12)S(=O)c1cccs1. The van der Waals surface area contributed by atoms with E-state index in [9.17, 15) is 23.7 Å². The number of aromatic nitrogens is 1. The smallest absolute Gasteiger partial charge is 0.313 e. The van der Waals surface area contributed by atoms with E-state index in [-0.39, 0.29) is 12.5 Å². The summed E-state index contributed by atoms with van der Waals surface area (Å²) in [4.78, 5) is 43.8. The fraction of sp³-hybridized carbons (Fsp3) is 0.368. The first-order valence-corrected chi connectivity index (χ1v) is 13.3. The molecule has 4 rings (SSSR count). The molecule has 2 fully saturated rings. The minimum atomic E-state index is -1.78. The molecule has 0 radical (unpaired) electrons. The summed E-state index contributed by atoms with van der Waals surface area (Å²) in [6.45, 7) is 1.35. The fourth-order valence-electron chi connectivity index (χ4n) is 3.50. The number of carbonyl (C=O) groups excluding carboxylic acids is 2. The van der Waals surface area contributed by atoms with Gasteiger partial charge in [0.1, 0.15) is 15.0 Å². The van der Waals surface area contributed by atoms with Crippen molar-refractivity contribution in [3.8, 4) is 0 Å². The third kappa shape index (κ3) is 4.13. The number of carboxylic acids is 1. The summed E-state index contributed by atoms with van der Waals surface area (Å²) in [7, 11) is -1.78. The zero-order valence-corrected chi connectivity index (χ0v) is 19.6. The van der Waals surface area contributed by atoms with E-state index >= 15 is 0 Å². The predicted molar refractivity (Wildman–Crippen MR) is 120 cm³/mol. The number of carbonyl (C=O) groups is 3. The van der Waals surface area contributed by atoms with Crippen molar-refractivity contribution in [2.45, 2.75) is 27.4 Å². The van der Waals surface area contributed by atoms with Crippen LogP contribution in [0.4, 0.5) is 0 Å². The van der Waals surface area contributed by atoms with Gasteiger partial charge in [0.05, 0.1) is 0 Å². The number of pyridine rings is 1. The number of hydrogen-bond donors (Lipinski definition) is 1. The predicted octanol–water partition coefficient (Wildman–Crippen LogP) is 2.16. The molecule has 1 N–H and O–H groups in total. The monoisotopic (exact) mass is 497 g/mol. The first-order chi connectivity index (χ1) is 14.8. The van der Waals surface area contributed by atoms with Gasteiger partial charge >= 0.3 is 5.97 Å². The average molecular weight is 498 g/mol. The second-order valence-corrected chi connectivity index (χ2v) is 11.9. The van der Waals surface area contributed by atoms with Crippen molar-refractivity contribution in [1.82, 2.24) is 14.2 Å². The lowest BCUT2D eigenvalue weighted by Gasteiger charge is -2.55. The number of fused-ring (bicyclic) bond motifs is 1. The molecule has 4 heterocycles. The molecule has 3 unspecified atom stereocenters. The summed E-state index contributed by atoms with van der Waals surface area (Å²) in [5.74, 6) is -1.17. The lowest BCUT2D eigenvalue weighted by molar-refractivity contribution is -0.161. The molecule has 0 saturated carbocycles. The number of hydrogen-bond acceptors (Lipinski definition) is 8. The van der Waals surface area contributed by atoms with Crippen LogP contribution < -0.4 is 0 Å². The van der Waals surface area contributed by atoms with Crippen LogP contribution in [-0.4, -0.2) is 70.8 Å². The van der Waals surface area contributed by atoms with Crippen LogP contribution in [-0.2, 0) is 25.4 Å². The average Bonchev–Trinajstić information content (AvgIpc) is 3.30.